The molecule has 0 aliphatic rings. The lowest BCUT2D eigenvalue weighted by Crippen LogP contribution is -2.41. The molecule has 1 rings (SSSR count). The number of carbonyl (C=O) groups is 1. The van der Waals surface area contributed by atoms with Crippen molar-refractivity contribution in [1.82, 2.24) is 14.9 Å². The van der Waals surface area contributed by atoms with Gasteiger partial charge in [-0.25, -0.2) is 4.98 Å². The van der Waals surface area contributed by atoms with E-state index >= 15 is 0 Å². The highest BCUT2D eigenvalue weighted by Crippen LogP contribution is 1.93. The first-order valence-corrected chi connectivity index (χ1v) is 4.54. The number of carboxylic acid groups (broad SMARTS) is 1. The summed E-state index contributed by atoms with van der Waals surface area (Å²) in [6, 6.07) is -0.413. The summed E-state index contributed by atoms with van der Waals surface area (Å²) < 4.78 is 1.91. The Hall–Kier alpha value is -1.36. The van der Waals surface area contributed by atoms with Gasteiger partial charge in [-0.1, -0.05) is 0 Å². The zero-order chi connectivity index (χ0) is 10.6. The lowest BCUT2D eigenvalue weighted by atomic mass is 10.2. The van der Waals surface area contributed by atoms with Gasteiger partial charge in [-0.3, -0.25) is 4.79 Å². The molecule has 0 fully saturated rings. The van der Waals surface area contributed by atoms with Crippen molar-refractivity contribution in [3.05, 3.63) is 18.7 Å². The van der Waals surface area contributed by atoms with Gasteiger partial charge in [0.25, 0.3) is 0 Å². The van der Waals surface area contributed by atoms with Crippen LogP contribution in [0.1, 0.15) is 13.8 Å². The van der Waals surface area contributed by atoms with Crippen LogP contribution in [0.25, 0.3) is 0 Å². The summed E-state index contributed by atoms with van der Waals surface area (Å²) >= 11 is 0. The molecule has 0 aliphatic heterocycles. The van der Waals surface area contributed by atoms with Crippen LogP contribution in [-0.2, 0) is 11.3 Å². The van der Waals surface area contributed by atoms with Crippen LogP contribution in [0.15, 0.2) is 18.7 Å². The lowest BCUT2D eigenvalue weighted by molar-refractivity contribution is -0.139. The van der Waals surface area contributed by atoms with Crippen molar-refractivity contribution in [2.75, 3.05) is 0 Å². The molecule has 5 heteroatoms. The minimum Gasteiger partial charge on any atom is -0.480 e. The average Bonchev–Trinajstić information content (AvgIpc) is 2.56. The number of hydrogen-bond acceptors (Lipinski definition) is 3. The van der Waals surface area contributed by atoms with Crippen LogP contribution in [0.3, 0.4) is 0 Å². The quantitative estimate of drug-likeness (QED) is 0.714. The minimum absolute atomic E-state index is 0.107. The van der Waals surface area contributed by atoms with E-state index in [2.05, 4.69) is 10.3 Å². The van der Waals surface area contributed by atoms with Crippen LogP contribution in [-0.4, -0.2) is 32.7 Å². The van der Waals surface area contributed by atoms with Crippen molar-refractivity contribution in [2.24, 2.45) is 0 Å². The maximum atomic E-state index is 10.6. The molecular formula is C9H15N3O2. The summed E-state index contributed by atoms with van der Waals surface area (Å²) in [5.41, 5.74) is 0. The predicted molar refractivity (Wildman–Crippen MR) is 51.9 cm³/mol. The monoisotopic (exact) mass is 197 g/mol. The Balaban J connectivity index is 2.36. The molecule has 0 bridgehead atoms. The molecule has 2 unspecified atom stereocenters. The number of imidazole rings is 1. The number of nitrogens with zero attached hydrogens (tertiary/aromatic N) is 2. The summed E-state index contributed by atoms with van der Waals surface area (Å²) in [5, 5.41) is 11.6. The topological polar surface area (TPSA) is 67.2 Å². The van der Waals surface area contributed by atoms with Gasteiger partial charge in [0.05, 0.1) is 6.33 Å². The number of aliphatic carboxylic acids is 1. The second-order valence-corrected chi connectivity index (χ2v) is 3.39. The molecule has 14 heavy (non-hydrogen) atoms. The summed E-state index contributed by atoms with van der Waals surface area (Å²) in [6.07, 6.45) is 5.26. The molecule has 0 radical (unpaired) electrons. The van der Waals surface area contributed by atoms with E-state index < -0.39 is 12.0 Å². The second kappa shape index (κ2) is 4.76. The van der Waals surface area contributed by atoms with Crippen molar-refractivity contribution in [2.45, 2.75) is 32.5 Å². The summed E-state index contributed by atoms with van der Waals surface area (Å²) in [6.45, 7) is 4.30. The Morgan fingerprint density at radius 1 is 1.64 bits per heavy atom. The zero-order valence-corrected chi connectivity index (χ0v) is 8.34. The van der Waals surface area contributed by atoms with E-state index in [1.54, 1.807) is 19.4 Å². The van der Waals surface area contributed by atoms with Crippen LogP contribution < -0.4 is 5.32 Å². The van der Waals surface area contributed by atoms with Crippen LogP contribution in [0.2, 0.25) is 0 Å². The Bertz CT molecular complexity index is 284. The molecule has 1 heterocycles. The summed E-state index contributed by atoms with van der Waals surface area (Å²) in [5.74, 6) is -0.831. The Morgan fingerprint density at radius 2 is 2.36 bits per heavy atom. The molecule has 0 saturated carbocycles. The predicted octanol–water partition coefficient (Wildman–Crippen LogP) is 0.334. The number of carboxylic acids is 1. The third-order valence-corrected chi connectivity index (χ3v) is 1.95. The van der Waals surface area contributed by atoms with Gasteiger partial charge in [0.1, 0.15) is 6.04 Å². The highest BCUT2D eigenvalue weighted by molar-refractivity contribution is 5.72. The molecule has 0 amide bonds. The molecule has 0 aliphatic carbocycles. The van der Waals surface area contributed by atoms with E-state index in [-0.39, 0.29) is 6.04 Å². The van der Waals surface area contributed by atoms with Gasteiger partial charge in [0.15, 0.2) is 0 Å². The number of aromatic nitrogens is 2. The fourth-order valence-corrected chi connectivity index (χ4v) is 1.26. The Kier molecular flexibility index (Phi) is 3.64. The molecule has 2 N–H and O–H groups in total. The van der Waals surface area contributed by atoms with E-state index in [9.17, 15) is 4.79 Å². The SMILES string of the molecule is CC(Cn1ccnc1)NC(C)C(=O)O. The van der Waals surface area contributed by atoms with Crippen LogP contribution >= 0.6 is 0 Å². The number of rotatable bonds is 5. The van der Waals surface area contributed by atoms with Crippen LogP contribution in [0.5, 0.6) is 0 Å². The van der Waals surface area contributed by atoms with Crippen LogP contribution in [0.4, 0.5) is 0 Å². The van der Waals surface area contributed by atoms with Gasteiger partial charge >= 0.3 is 5.97 Å². The molecule has 1 aromatic rings. The third kappa shape index (κ3) is 3.18. The normalized spacial score (nSPS) is 15.0. The number of hydrogen-bond donors (Lipinski definition) is 2. The maximum Gasteiger partial charge on any atom is 0.320 e. The van der Waals surface area contributed by atoms with Crippen molar-refractivity contribution in [1.29, 1.82) is 0 Å². The summed E-state index contributed by atoms with van der Waals surface area (Å²) in [4.78, 5) is 14.5. The molecule has 0 aromatic carbocycles. The largest absolute Gasteiger partial charge is 0.480 e. The molecule has 0 saturated heterocycles. The van der Waals surface area contributed by atoms with E-state index in [0.29, 0.717) is 0 Å². The standard InChI is InChI=1S/C9H15N3O2/c1-7(11-8(2)9(13)14)5-12-4-3-10-6-12/h3-4,6-8,11H,5H2,1-2H3,(H,13,14). The van der Waals surface area contributed by atoms with Gasteiger partial charge in [-0.2, -0.15) is 0 Å². The van der Waals surface area contributed by atoms with Crippen molar-refractivity contribution >= 4 is 5.97 Å². The van der Waals surface area contributed by atoms with Crippen molar-refractivity contribution < 1.29 is 9.90 Å². The fourth-order valence-electron chi connectivity index (χ4n) is 1.26. The molecule has 0 spiro atoms. The molecule has 1 aromatic heterocycles. The molecule has 78 valence electrons. The molecule has 2 atom stereocenters. The summed E-state index contributed by atoms with van der Waals surface area (Å²) in [7, 11) is 0. The van der Waals surface area contributed by atoms with E-state index in [0.717, 1.165) is 6.54 Å². The molecular weight excluding hydrogens is 182 g/mol. The first kappa shape index (κ1) is 10.7. The van der Waals surface area contributed by atoms with Gasteiger partial charge in [-0.05, 0) is 13.8 Å². The smallest absolute Gasteiger partial charge is 0.320 e. The second-order valence-electron chi connectivity index (χ2n) is 3.39. The first-order chi connectivity index (χ1) is 6.59. The highest BCUT2D eigenvalue weighted by Gasteiger charge is 2.13. The van der Waals surface area contributed by atoms with Gasteiger partial charge in [0, 0.05) is 25.0 Å². The minimum atomic E-state index is -0.831. The van der Waals surface area contributed by atoms with Gasteiger partial charge < -0.3 is 15.0 Å². The Morgan fingerprint density at radius 3 is 2.86 bits per heavy atom. The highest BCUT2D eigenvalue weighted by atomic mass is 16.4. The van der Waals surface area contributed by atoms with Gasteiger partial charge in [0.2, 0.25) is 0 Å². The fraction of sp³-hybridized carbons (Fsp3) is 0.556. The third-order valence-electron chi connectivity index (χ3n) is 1.95. The van der Waals surface area contributed by atoms with E-state index in [4.69, 9.17) is 5.11 Å². The maximum absolute atomic E-state index is 10.6. The van der Waals surface area contributed by atoms with E-state index in [1.807, 2.05) is 17.7 Å². The van der Waals surface area contributed by atoms with E-state index in [1.165, 1.54) is 0 Å². The van der Waals surface area contributed by atoms with Crippen LogP contribution in [0, 0.1) is 0 Å². The number of nitrogens with one attached hydrogen (secondary N) is 1. The van der Waals surface area contributed by atoms with Gasteiger partial charge in [-0.15, -0.1) is 0 Å². The van der Waals surface area contributed by atoms with Crippen molar-refractivity contribution in [3.8, 4) is 0 Å². The lowest BCUT2D eigenvalue weighted by Gasteiger charge is -2.17. The average molecular weight is 197 g/mol. The zero-order valence-electron chi connectivity index (χ0n) is 8.34. The molecule has 5 nitrogen and oxygen atoms in total. The van der Waals surface area contributed by atoms with Crippen molar-refractivity contribution in [3.63, 3.8) is 0 Å². The first-order valence-electron chi connectivity index (χ1n) is 4.54. The Labute approximate surface area is 82.8 Å².